The number of benzene rings is 1. The van der Waals surface area contributed by atoms with E-state index in [0.29, 0.717) is 29.2 Å². The Morgan fingerprint density at radius 2 is 1.68 bits per heavy atom. The first-order chi connectivity index (χ1) is 17.8. The molecule has 38 heavy (non-hydrogen) atoms. The van der Waals surface area contributed by atoms with Crippen LogP contribution in [0.5, 0.6) is 0 Å². The molecule has 2 heterocycles. The summed E-state index contributed by atoms with van der Waals surface area (Å²) in [7, 11) is -3.64. The van der Waals surface area contributed by atoms with E-state index in [9.17, 15) is 18.0 Å². The number of nitrogens with zero attached hydrogens (tertiary/aromatic N) is 2. The summed E-state index contributed by atoms with van der Waals surface area (Å²) < 4.78 is 33.3. The zero-order chi connectivity index (χ0) is 27.0. The maximum absolute atomic E-state index is 13.2. The highest BCUT2D eigenvalue weighted by Crippen LogP contribution is 2.38. The standard InChI is InChI=1S/C27H39N3O5S2.ClH/c1-5-9-16-30(17-10-6-2)37(33,34)21-13-11-20(12-14-21)25(31)28-26-24(27(32)35-8-4)22-15-18-29(7-3)19-23(22)36-26;/h11-14H,5-10,15-19H2,1-4H3,(H,28,31);1H. The fourth-order valence-corrected chi connectivity index (χ4v) is 7.15. The van der Waals surface area contributed by atoms with Crippen molar-refractivity contribution in [1.29, 1.82) is 0 Å². The Hall–Kier alpha value is -1.98. The number of hydrogen-bond acceptors (Lipinski definition) is 7. The Morgan fingerprint density at radius 3 is 2.24 bits per heavy atom. The van der Waals surface area contributed by atoms with Crippen LogP contribution < -0.4 is 5.32 Å². The van der Waals surface area contributed by atoms with E-state index in [-0.39, 0.29) is 23.9 Å². The highest BCUT2D eigenvalue weighted by atomic mass is 35.5. The van der Waals surface area contributed by atoms with E-state index in [1.807, 2.05) is 13.8 Å². The number of likely N-dealkylation sites (N-methyl/N-ethyl adjacent to an activating group) is 1. The molecule has 0 unspecified atom stereocenters. The number of ether oxygens (including phenoxy) is 1. The van der Waals surface area contributed by atoms with Gasteiger partial charge in [0.25, 0.3) is 5.91 Å². The number of halogens is 1. The molecule has 0 aliphatic carbocycles. The van der Waals surface area contributed by atoms with Gasteiger partial charge in [-0.25, -0.2) is 13.2 Å². The van der Waals surface area contributed by atoms with Gasteiger partial charge in [0.05, 0.1) is 17.1 Å². The fraction of sp³-hybridized carbons (Fsp3) is 0.556. The van der Waals surface area contributed by atoms with Crippen molar-refractivity contribution in [3.63, 3.8) is 0 Å². The summed E-state index contributed by atoms with van der Waals surface area (Å²) in [5.41, 5.74) is 1.71. The topological polar surface area (TPSA) is 96.0 Å². The summed E-state index contributed by atoms with van der Waals surface area (Å²) in [4.78, 5) is 29.4. The molecule has 0 fully saturated rings. The van der Waals surface area contributed by atoms with E-state index in [4.69, 9.17) is 4.74 Å². The van der Waals surface area contributed by atoms with Crippen molar-refractivity contribution in [3.05, 3.63) is 45.8 Å². The van der Waals surface area contributed by atoms with E-state index >= 15 is 0 Å². The van der Waals surface area contributed by atoms with Crippen molar-refractivity contribution in [2.75, 3.05) is 38.1 Å². The van der Waals surface area contributed by atoms with Crippen LogP contribution in [0.25, 0.3) is 0 Å². The first-order valence-electron chi connectivity index (χ1n) is 13.2. The summed E-state index contributed by atoms with van der Waals surface area (Å²) in [6.07, 6.45) is 4.14. The van der Waals surface area contributed by atoms with E-state index in [0.717, 1.165) is 62.2 Å². The third kappa shape index (κ3) is 7.57. The van der Waals surface area contributed by atoms with E-state index in [1.54, 1.807) is 6.92 Å². The van der Waals surface area contributed by atoms with Gasteiger partial charge in [-0.1, -0.05) is 33.6 Å². The Morgan fingerprint density at radius 1 is 1.05 bits per heavy atom. The van der Waals surface area contributed by atoms with Crippen LogP contribution in [0.3, 0.4) is 0 Å². The lowest BCUT2D eigenvalue weighted by atomic mass is 10.0. The molecule has 0 radical (unpaired) electrons. The average molecular weight is 586 g/mol. The molecular weight excluding hydrogens is 546 g/mol. The number of nitrogens with one attached hydrogen (secondary N) is 1. The van der Waals surface area contributed by atoms with Crippen LogP contribution in [-0.2, 0) is 27.7 Å². The summed E-state index contributed by atoms with van der Waals surface area (Å²) >= 11 is 1.41. The van der Waals surface area contributed by atoms with Gasteiger partial charge in [0, 0.05) is 36.6 Å². The number of sulfonamides is 1. The minimum Gasteiger partial charge on any atom is -0.462 e. The Labute approximate surface area is 237 Å². The lowest BCUT2D eigenvalue weighted by Gasteiger charge is -2.25. The van der Waals surface area contributed by atoms with Crippen molar-refractivity contribution in [2.24, 2.45) is 0 Å². The fourth-order valence-electron chi connectivity index (χ4n) is 4.36. The van der Waals surface area contributed by atoms with Crippen LogP contribution in [0.4, 0.5) is 5.00 Å². The number of carbonyl (C=O) groups is 2. The monoisotopic (exact) mass is 585 g/mol. The molecule has 212 valence electrons. The van der Waals surface area contributed by atoms with Crippen molar-refractivity contribution in [3.8, 4) is 0 Å². The first-order valence-corrected chi connectivity index (χ1v) is 15.5. The van der Waals surface area contributed by atoms with Gasteiger partial charge in [-0.3, -0.25) is 9.69 Å². The zero-order valence-corrected chi connectivity index (χ0v) is 25.2. The quantitative estimate of drug-likeness (QED) is 0.309. The Kier molecular flexibility index (Phi) is 12.7. The minimum absolute atomic E-state index is 0. The van der Waals surface area contributed by atoms with Crippen LogP contribution in [0, 0.1) is 0 Å². The second-order valence-corrected chi connectivity index (χ2v) is 12.2. The average Bonchev–Trinajstić information content (AvgIpc) is 3.25. The molecule has 0 spiro atoms. The van der Waals surface area contributed by atoms with Gasteiger partial charge in [0.15, 0.2) is 0 Å². The molecule has 1 aromatic heterocycles. The molecule has 8 nitrogen and oxygen atoms in total. The first kappa shape index (κ1) is 32.2. The molecule has 1 aliphatic heterocycles. The molecule has 1 aromatic carbocycles. The van der Waals surface area contributed by atoms with E-state index in [2.05, 4.69) is 17.1 Å². The van der Waals surface area contributed by atoms with Gasteiger partial charge in [-0.15, -0.1) is 23.7 Å². The molecule has 1 N–H and O–H groups in total. The Balaban J connectivity index is 0.00000507. The number of amides is 1. The summed E-state index contributed by atoms with van der Waals surface area (Å²) in [5, 5.41) is 3.37. The van der Waals surface area contributed by atoms with Gasteiger partial charge < -0.3 is 10.1 Å². The number of carbonyl (C=O) groups excluding carboxylic acids is 2. The largest absolute Gasteiger partial charge is 0.462 e. The molecular formula is C27H40ClN3O5S2. The van der Waals surface area contributed by atoms with Crippen molar-refractivity contribution < 1.29 is 22.7 Å². The highest BCUT2D eigenvalue weighted by molar-refractivity contribution is 7.89. The maximum atomic E-state index is 13.2. The minimum atomic E-state index is -3.64. The van der Waals surface area contributed by atoms with Gasteiger partial charge in [-0.2, -0.15) is 4.31 Å². The normalized spacial score (nSPS) is 13.6. The van der Waals surface area contributed by atoms with Crippen molar-refractivity contribution in [1.82, 2.24) is 9.21 Å². The maximum Gasteiger partial charge on any atom is 0.341 e. The molecule has 3 rings (SSSR count). The molecule has 0 bridgehead atoms. The lowest BCUT2D eigenvalue weighted by molar-refractivity contribution is 0.0526. The van der Waals surface area contributed by atoms with Crippen molar-refractivity contribution >= 4 is 50.6 Å². The predicted molar refractivity (Wildman–Crippen MR) is 155 cm³/mol. The second kappa shape index (κ2) is 15.0. The number of rotatable bonds is 13. The van der Waals surface area contributed by atoms with Crippen LogP contribution in [-0.4, -0.2) is 62.3 Å². The number of fused-ring (bicyclic) bond motifs is 1. The highest BCUT2D eigenvalue weighted by Gasteiger charge is 2.29. The number of unbranched alkanes of at least 4 members (excludes halogenated alkanes) is 2. The zero-order valence-electron chi connectivity index (χ0n) is 22.7. The summed E-state index contributed by atoms with van der Waals surface area (Å²) in [6, 6.07) is 6.02. The molecule has 1 amide bonds. The Bertz CT molecular complexity index is 1170. The number of hydrogen-bond donors (Lipinski definition) is 1. The number of anilines is 1. The van der Waals surface area contributed by atoms with Gasteiger partial charge in [0.1, 0.15) is 5.00 Å². The van der Waals surface area contributed by atoms with Gasteiger partial charge >= 0.3 is 5.97 Å². The van der Waals surface area contributed by atoms with Gasteiger partial charge in [0.2, 0.25) is 10.0 Å². The number of thiophene rings is 1. The molecule has 0 saturated heterocycles. The van der Waals surface area contributed by atoms with Crippen LogP contribution in [0.15, 0.2) is 29.2 Å². The third-order valence-electron chi connectivity index (χ3n) is 6.57. The van der Waals surface area contributed by atoms with Gasteiger partial charge in [-0.05, 0) is 62.6 Å². The van der Waals surface area contributed by atoms with Crippen LogP contribution >= 0.6 is 23.7 Å². The van der Waals surface area contributed by atoms with E-state index < -0.39 is 21.9 Å². The van der Waals surface area contributed by atoms with Crippen LogP contribution in [0.1, 0.15) is 84.5 Å². The van der Waals surface area contributed by atoms with Crippen LogP contribution in [0.2, 0.25) is 0 Å². The molecule has 2 aromatic rings. The van der Waals surface area contributed by atoms with E-state index in [1.165, 1.54) is 39.9 Å². The molecule has 1 aliphatic rings. The lowest BCUT2D eigenvalue weighted by Crippen LogP contribution is -2.33. The SMILES string of the molecule is CCCCN(CCCC)S(=O)(=O)c1ccc(C(=O)Nc2sc3c(c2C(=O)OCC)CCN(CC)C3)cc1.Cl. The molecule has 0 saturated carbocycles. The predicted octanol–water partition coefficient (Wildman–Crippen LogP) is 5.57. The molecule has 0 atom stereocenters. The van der Waals surface area contributed by atoms with Crippen molar-refractivity contribution in [2.45, 2.75) is 71.2 Å². The number of esters is 1. The summed E-state index contributed by atoms with van der Waals surface area (Å²) in [6.45, 7) is 11.6. The third-order valence-corrected chi connectivity index (χ3v) is 9.61. The molecule has 11 heteroatoms. The second-order valence-electron chi connectivity index (χ2n) is 9.14. The summed E-state index contributed by atoms with van der Waals surface area (Å²) in [5.74, 6) is -0.824. The smallest absolute Gasteiger partial charge is 0.341 e.